The molecule has 1 aromatic carbocycles. The Hall–Kier alpha value is -1.32. The lowest BCUT2D eigenvalue weighted by Crippen LogP contribution is -2.39. The van der Waals surface area contributed by atoms with E-state index in [0.29, 0.717) is 16.4 Å². The molecule has 0 spiro atoms. The number of benzene rings is 1. The summed E-state index contributed by atoms with van der Waals surface area (Å²) in [5.74, 6) is -0.512. The van der Waals surface area contributed by atoms with Gasteiger partial charge in [-0.3, -0.25) is 4.79 Å². The number of alkyl halides is 3. The molecule has 1 aromatic rings. The number of carbonyl (C=O) groups excluding carboxylic acids is 1. The molecule has 23 heavy (non-hydrogen) atoms. The third-order valence-electron chi connectivity index (χ3n) is 3.26. The van der Waals surface area contributed by atoms with Crippen LogP contribution in [0.5, 0.6) is 0 Å². The number of carbonyl (C=O) groups is 1. The molecule has 128 valence electrons. The van der Waals surface area contributed by atoms with Crippen molar-refractivity contribution in [3.63, 3.8) is 0 Å². The van der Waals surface area contributed by atoms with E-state index < -0.39 is 39.1 Å². The minimum atomic E-state index is -4.70. The number of nitrogens with one attached hydrogen (secondary N) is 1. The average molecular weight is 371 g/mol. The number of hydrogen-bond acceptors (Lipinski definition) is 3. The second kappa shape index (κ2) is 6.29. The normalized spacial score (nSPS) is 15.7. The summed E-state index contributed by atoms with van der Waals surface area (Å²) in [5, 5.41) is 2.26. The first-order valence-electron chi connectivity index (χ1n) is 6.64. The van der Waals surface area contributed by atoms with Crippen LogP contribution in [0, 0.1) is 0 Å². The second-order valence-electron chi connectivity index (χ2n) is 5.25. The van der Waals surface area contributed by atoms with E-state index in [1.165, 1.54) is 0 Å². The molecule has 5 nitrogen and oxygen atoms in total. The van der Waals surface area contributed by atoms with Crippen LogP contribution in [-0.4, -0.2) is 38.3 Å². The predicted molar refractivity (Wildman–Crippen MR) is 77.4 cm³/mol. The largest absolute Gasteiger partial charge is 0.416 e. The monoisotopic (exact) mass is 370 g/mol. The molecule has 0 saturated heterocycles. The summed E-state index contributed by atoms with van der Waals surface area (Å²) in [6.07, 6.45) is -3.03. The number of amides is 1. The van der Waals surface area contributed by atoms with Crippen molar-refractivity contribution >= 4 is 27.5 Å². The highest BCUT2D eigenvalue weighted by molar-refractivity contribution is 7.89. The molecule has 2 rings (SSSR count). The van der Waals surface area contributed by atoms with Crippen LogP contribution in [0.4, 0.5) is 13.2 Å². The van der Waals surface area contributed by atoms with Crippen molar-refractivity contribution in [2.45, 2.75) is 30.0 Å². The molecule has 1 amide bonds. The minimum absolute atomic E-state index is 0.0516. The maximum absolute atomic E-state index is 12.7. The van der Waals surface area contributed by atoms with Crippen molar-refractivity contribution in [1.82, 2.24) is 9.62 Å². The summed E-state index contributed by atoms with van der Waals surface area (Å²) in [7, 11) is -3.21. The molecular formula is C13H14ClF3N2O3S. The minimum Gasteiger partial charge on any atom is -0.352 e. The molecular weight excluding hydrogens is 357 g/mol. The van der Waals surface area contributed by atoms with E-state index in [0.717, 1.165) is 26.0 Å². The van der Waals surface area contributed by atoms with Gasteiger partial charge >= 0.3 is 6.18 Å². The van der Waals surface area contributed by atoms with Crippen LogP contribution in [0.1, 0.15) is 18.4 Å². The Morgan fingerprint density at radius 3 is 2.52 bits per heavy atom. The molecule has 1 aliphatic rings. The van der Waals surface area contributed by atoms with Crippen LogP contribution in [0.15, 0.2) is 23.1 Å². The van der Waals surface area contributed by atoms with Crippen molar-refractivity contribution in [3.05, 3.63) is 28.8 Å². The Morgan fingerprint density at radius 2 is 2.00 bits per heavy atom. The van der Waals surface area contributed by atoms with Crippen LogP contribution in [0.25, 0.3) is 0 Å². The van der Waals surface area contributed by atoms with Crippen molar-refractivity contribution in [2.75, 3.05) is 13.6 Å². The number of hydrogen-bond donors (Lipinski definition) is 1. The molecule has 10 heteroatoms. The fourth-order valence-corrected chi connectivity index (χ4v) is 3.46. The fraction of sp³-hybridized carbons (Fsp3) is 0.462. The summed E-state index contributed by atoms with van der Waals surface area (Å²) in [4.78, 5) is 11.0. The van der Waals surface area contributed by atoms with Gasteiger partial charge in [-0.05, 0) is 31.0 Å². The van der Waals surface area contributed by atoms with Crippen LogP contribution in [0.2, 0.25) is 5.02 Å². The number of rotatable bonds is 5. The van der Waals surface area contributed by atoms with Crippen molar-refractivity contribution in [1.29, 1.82) is 0 Å². The number of likely N-dealkylation sites (N-methyl/N-ethyl adjacent to an activating group) is 1. The van der Waals surface area contributed by atoms with Gasteiger partial charge in [0.05, 0.1) is 17.1 Å². The predicted octanol–water partition coefficient (Wildman–Crippen LogP) is 2.26. The maximum atomic E-state index is 12.7. The molecule has 1 fully saturated rings. The van der Waals surface area contributed by atoms with Gasteiger partial charge in [-0.1, -0.05) is 11.6 Å². The van der Waals surface area contributed by atoms with E-state index >= 15 is 0 Å². The zero-order valence-electron chi connectivity index (χ0n) is 12.0. The molecule has 0 unspecified atom stereocenters. The zero-order valence-corrected chi connectivity index (χ0v) is 13.6. The van der Waals surface area contributed by atoms with Gasteiger partial charge in [0.15, 0.2) is 0 Å². The van der Waals surface area contributed by atoms with Gasteiger partial charge in [-0.15, -0.1) is 0 Å². The topological polar surface area (TPSA) is 66.5 Å². The Bertz CT molecular complexity index is 718. The van der Waals surface area contributed by atoms with E-state index in [-0.39, 0.29) is 11.1 Å². The molecule has 0 heterocycles. The summed E-state index contributed by atoms with van der Waals surface area (Å²) >= 11 is 5.73. The van der Waals surface area contributed by atoms with Crippen molar-refractivity contribution in [2.24, 2.45) is 0 Å². The molecule has 0 aliphatic heterocycles. The lowest BCUT2D eigenvalue weighted by atomic mass is 10.2. The first-order chi connectivity index (χ1) is 10.5. The quantitative estimate of drug-likeness (QED) is 0.864. The number of sulfonamides is 1. The molecule has 0 bridgehead atoms. The van der Waals surface area contributed by atoms with Crippen LogP contribution >= 0.6 is 11.6 Å². The standard InChI is InChI=1S/C13H14ClF3N2O3S/c1-19(7-12(20)18-9-3-4-9)23(21,22)11-6-8(13(15,16)17)2-5-10(11)14/h2,5-6,9H,3-4,7H2,1H3,(H,18,20). The van der Waals surface area contributed by atoms with Gasteiger partial charge in [0, 0.05) is 13.1 Å². The molecule has 1 aliphatic carbocycles. The average Bonchev–Trinajstić information content (AvgIpc) is 3.21. The molecule has 1 saturated carbocycles. The van der Waals surface area contributed by atoms with Gasteiger partial charge in [-0.25, -0.2) is 8.42 Å². The number of nitrogens with zero attached hydrogens (tertiary/aromatic N) is 1. The van der Waals surface area contributed by atoms with Crippen LogP contribution in [-0.2, 0) is 21.0 Å². The van der Waals surface area contributed by atoms with Gasteiger partial charge in [-0.2, -0.15) is 17.5 Å². The SMILES string of the molecule is CN(CC(=O)NC1CC1)S(=O)(=O)c1cc(C(F)(F)F)ccc1Cl. The summed E-state index contributed by atoms with van der Waals surface area (Å²) in [5.41, 5.74) is -1.13. The second-order valence-corrected chi connectivity index (χ2v) is 7.67. The highest BCUT2D eigenvalue weighted by Gasteiger charge is 2.34. The first-order valence-corrected chi connectivity index (χ1v) is 8.46. The van der Waals surface area contributed by atoms with Crippen LogP contribution in [0.3, 0.4) is 0 Å². The Kier molecular flexibility index (Phi) is 4.93. The maximum Gasteiger partial charge on any atom is 0.416 e. The molecule has 0 radical (unpaired) electrons. The molecule has 0 atom stereocenters. The van der Waals surface area contributed by atoms with Crippen molar-refractivity contribution < 1.29 is 26.4 Å². The van der Waals surface area contributed by atoms with Gasteiger partial charge in [0.2, 0.25) is 15.9 Å². The van der Waals surface area contributed by atoms with Crippen molar-refractivity contribution in [3.8, 4) is 0 Å². The van der Waals surface area contributed by atoms with Crippen LogP contribution < -0.4 is 5.32 Å². The Labute approximate surface area is 136 Å². The highest BCUT2D eigenvalue weighted by atomic mass is 35.5. The van der Waals surface area contributed by atoms with E-state index in [1.807, 2.05) is 0 Å². The van der Waals surface area contributed by atoms with Gasteiger partial charge in [0.25, 0.3) is 0 Å². The Morgan fingerprint density at radius 1 is 1.39 bits per heavy atom. The lowest BCUT2D eigenvalue weighted by Gasteiger charge is -2.18. The smallest absolute Gasteiger partial charge is 0.352 e. The molecule has 1 N–H and O–H groups in total. The number of halogens is 4. The molecule has 0 aromatic heterocycles. The summed E-state index contributed by atoms with van der Waals surface area (Å²) < 4.78 is 63.6. The third-order valence-corrected chi connectivity index (χ3v) is 5.54. The highest BCUT2D eigenvalue weighted by Crippen LogP contribution is 2.34. The first kappa shape index (κ1) is 18.0. The third kappa shape index (κ3) is 4.36. The van der Waals surface area contributed by atoms with Gasteiger partial charge in [0.1, 0.15) is 4.90 Å². The van der Waals surface area contributed by atoms with Gasteiger partial charge < -0.3 is 5.32 Å². The zero-order chi connectivity index (χ0) is 17.4. The van der Waals surface area contributed by atoms with E-state index in [1.54, 1.807) is 0 Å². The summed E-state index contributed by atoms with van der Waals surface area (Å²) in [6.45, 7) is -0.495. The van der Waals surface area contributed by atoms with E-state index in [2.05, 4.69) is 5.32 Å². The van der Waals surface area contributed by atoms with E-state index in [9.17, 15) is 26.4 Å². The summed E-state index contributed by atoms with van der Waals surface area (Å²) in [6, 6.07) is 2.08. The fourth-order valence-electron chi connectivity index (χ4n) is 1.83. The van der Waals surface area contributed by atoms with E-state index in [4.69, 9.17) is 11.6 Å². The lowest BCUT2D eigenvalue weighted by molar-refractivity contribution is -0.137. The Balaban J connectivity index is 2.25.